The predicted molar refractivity (Wildman–Crippen MR) is 256 cm³/mol. The molecular formula is C52H101NO10. The minimum absolute atomic E-state index is 0.240. The number of hydrogen-bond donors (Lipinski definition) is 8. The fraction of sp³-hybridized carbons (Fsp3) is 0.942. The average molecular weight is 900 g/mol. The van der Waals surface area contributed by atoms with E-state index in [-0.39, 0.29) is 6.42 Å². The third-order valence-electron chi connectivity index (χ3n) is 13.1. The molecule has 1 aliphatic heterocycles. The van der Waals surface area contributed by atoms with E-state index in [9.17, 15) is 40.5 Å². The summed E-state index contributed by atoms with van der Waals surface area (Å²) in [6.45, 7) is 3.39. The van der Waals surface area contributed by atoms with Crippen molar-refractivity contribution in [2.45, 2.75) is 300 Å². The Hall–Kier alpha value is -1.15. The molecule has 9 atom stereocenters. The number of nitrogens with one attached hydrogen (secondary N) is 1. The Balaban J connectivity index is 2.24. The number of unbranched alkanes of at least 4 members (excludes halogenated alkanes) is 31. The number of allylic oxidation sites excluding steroid dienone is 2. The molecule has 9 unspecified atom stereocenters. The fourth-order valence-corrected chi connectivity index (χ4v) is 8.66. The SMILES string of the molecule is CCCC/C=C\CCCCCC(O)C(=O)NC(COC1OC(CO)C(O)C(O)C1O)C(O)C(O)CCCCCCCCCCCCCCCCCCCCCCCCCCCCC. The first-order valence-corrected chi connectivity index (χ1v) is 26.6. The van der Waals surface area contributed by atoms with Crippen molar-refractivity contribution in [1.29, 1.82) is 0 Å². The number of carbonyl (C=O) groups is 1. The summed E-state index contributed by atoms with van der Waals surface area (Å²) in [5.74, 6) is -0.710. The van der Waals surface area contributed by atoms with Crippen LogP contribution >= 0.6 is 0 Å². The minimum Gasteiger partial charge on any atom is -0.394 e. The van der Waals surface area contributed by atoms with Crippen LogP contribution in [0.15, 0.2) is 12.2 Å². The quantitative estimate of drug-likeness (QED) is 0.0216. The molecule has 0 saturated carbocycles. The molecule has 0 radical (unpaired) electrons. The van der Waals surface area contributed by atoms with Crippen LogP contribution in [0.2, 0.25) is 0 Å². The van der Waals surface area contributed by atoms with Gasteiger partial charge in [0, 0.05) is 0 Å². The van der Waals surface area contributed by atoms with Crippen LogP contribution < -0.4 is 5.32 Å². The van der Waals surface area contributed by atoms with E-state index in [1.165, 1.54) is 161 Å². The highest BCUT2D eigenvalue weighted by Crippen LogP contribution is 2.23. The van der Waals surface area contributed by atoms with Crippen LogP contribution in [0.3, 0.4) is 0 Å². The molecule has 1 rings (SSSR count). The van der Waals surface area contributed by atoms with Crippen molar-refractivity contribution in [2.24, 2.45) is 0 Å². The molecule has 0 aromatic heterocycles. The first-order valence-electron chi connectivity index (χ1n) is 26.6. The van der Waals surface area contributed by atoms with Gasteiger partial charge in [-0.2, -0.15) is 0 Å². The van der Waals surface area contributed by atoms with Crippen LogP contribution in [-0.4, -0.2) is 110 Å². The van der Waals surface area contributed by atoms with Crippen LogP contribution in [0.25, 0.3) is 0 Å². The first kappa shape index (κ1) is 59.9. The van der Waals surface area contributed by atoms with Gasteiger partial charge in [-0.05, 0) is 32.1 Å². The Morgan fingerprint density at radius 1 is 0.540 bits per heavy atom. The highest BCUT2D eigenvalue weighted by Gasteiger charge is 2.44. The smallest absolute Gasteiger partial charge is 0.249 e. The lowest BCUT2D eigenvalue weighted by atomic mass is 9.98. The maximum absolute atomic E-state index is 13.0. The lowest BCUT2D eigenvalue weighted by Crippen LogP contribution is -2.60. The van der Waals surface area contributed by atoms with Gasteiger partial charge in [0.2, 0.25) is 5.91 Å². The number of amides is 1. The van der Waals surface area contributed by atoms with Crippen molar-refractivity contribution in [1.82, 2.24) is 5.32 Å². The van der Waals surface area contributed by atoms with Gasteiger partial charge in [0.05, 0.1) is 25.4 Å². The van der Waals surface area contributed by atoms with Crippen LogP contribution in [0.4, 0.5) is 0 Å². The van der Waals surface area contributed by atoms with Gasteiger partial charge >= 0.3 is 0 Å². The molecule has 1 aliphatic rings. The normalized spacial score (nSPS) is 21.2. The lowest BCUT2D eigenvalue weighted by molar-refractivity contribution is -0.303. The second-order valence-corrected chi connectivity index (χ2v) is 19.0. The third kappa shape index (κ3) is 31.5. The highest BCUT2D eigenvalue weighted by atomic mass is 16.7. The van der Waals surface area contributed by atoms with Gasteiger partial charge in [0.25, 0.3) is 0 Å². The van der Waals surface area contributed by atoms with E-state index >= 15 is 0 Å². The van der Waals surface area contributed by atoms with Crippen molar-refractivity contribution in [3.8, 4) is 0 Å². The summed E-state index contributed by atoms with van der Waals surface area (Å²) in [5.41, 5.74) is 0. The van der Waals surface area contributed by atoms with E-state index in [1.54, 1.807) is 0 Å². The van der Waals surface area contributed by atoms with Gasteiger partial charge in [0.1, 0.15) is 36.6 Å². The van der Waals surface area contributed by atoms with E-state index in [2.05, 4.69) is 31.3 Å². The molecule has 0 spiro atoms. The lowest BCUT2D eigenvalue weighted by Gasteiger charge is -2.40. The second-order valence-electron chi connectivity index (χ2n) is 19.0. The molecule has 1 heterocycles. The average Bonchev–Trinajstić information content (AvgIpc) is 3.28. The number of aliphatic hydroxyl groups excluding tert-OH is 7. The number of carbonyl (C=O) groups excluding carboxylic acids is 1. The second kappa shape index (κ2) is 42.2. The van der Waals surface area contributed by atoms with Gasteiger partial charge in [-0.3, -0.25) is 4.79 Å². The molecule has 11 heteroatoms. The molecule has 8 N–H and O–H groups in total. The maximum atomic E-state index is 13.0. The predicted octanol–water partition coefficient (Wildman–Crippen LogP) is 10.0. The van der Waals surface area contributed by atoms with Crippen molar-refractivity contribution >= 4 is 5.91 Å². The zero-order valence-corrected chi connectivity index (χ0v) is 40.6. The van der Waals surface area contributed by atoms with Crippen molar-refractivity contribution in [3.63, 3.8) is 0 Å². The minimum atomic E-state index is -1.66. The van der Waals surface area contributed by atoms with Crippen molar-refractivity contribution in [2.75, 3.05) is 13.2 Å². The summed E-state index contributed by atoms with van der Waals surface area (Å²) in [6, 6.07) is -1.17. The molecule has 1 amide bonds. The summed E-state index contributed by atoms with van der Waals surface area (Å²) in [6.07, 6.45) is 35.9. The van der Waals surface area contributed by atoms with E-state index in [1.807, 2.05) is 0 Å². The van der Waals surface area contributed by atoms with Crippen LogP contribution in [0.1, 0.15) is 245 Å². The standard InChI is InChI=1S/C52H101NO10/c1-3-5-7-9-11-13-14-15-16-17-18-19-20-21-22-23-24-25-26-27-28-29-30-32-33-35-37-39-44(55)47(57)43(42-62-52-50(60)49(59)48(58)46(41-54)63-52)53-51(61)45(56)40-38-36-34-31-12-10-8-6-4-2/h10,12,43-50,52,54-60H,3-9,11,13-42H2,1-2H3,(H,53,61)/b12-10-. The van der Waals surface area contributed by atoms with Crippen LogP contribution in [0.5, 0.6) is 0 Å². The van der Waals surface area contributed by atoms with E-state index in [0.29, 0.717) is 19.3 Å². The van der Waals surface area contributed by atoms with Gasteiger partial charge in [-0.1, -0.05) is 225 Å². The maximum Gasteiger partial charge on any atom is 0.249 e. The van der Waals surface area contributed by atoms with E-state index in [0.717, 1.165) is 44.9 Å². The van der Waals surface area contributed by atoms with Crippen molar-refractivity contribution in [3.05, 3.63) is 12.2 Å². The number of ether oxygens (including phenoxy) is 2. The molecule has 63 heavy (non-hydrogen) atoms. The van der Waals surface area contributed by atoms with E-state index < -0.39 is 74.2 Å². The highest BCUT2D eigenvalue weighted by molar-refractivity contribution is 5.80. The Labute approximate surface area is 385 Å². The van der Waals surface area contributed by atoms with Gasteiger partial charge in [0.15, 0.2) is 6.29 Å². The molecule has 0 aromatic carbocycles. The van der Waals surface area contributed by atoms with Gasteiger partial charge < -0.3 is 50.5 Å². The summed E-state index contributed by atoms with van der Waals surface area (Å²) < 4.78 is 11.1. The number of hydrogen-bond acceptors (Lipinski definition) is 10. The molecule has 374 valence electrons. The Bertz CT molecular complexity index is 1030. The molecule has 0 aliphatic carbocycles. The summed E-state index contributed by atoms with van der Waals surface area (Å²) in [7, 11) is 0. The number of rotatable bonds is 45. The summed E-state index contributed by atoms with van der Waals surface area (Å²) in [5, 5.41) is 75.7. The largest absolute Gasteiger partial charge is 0.394 e. The topological polar surface area (TPSA) is 189 Å². The summed E-state index contributed by atoms with van der Waals surface area (Å²) >= 11 is 0. The fourth-order valence-electron chi connectivity index (χ4n) is 8.66. The Kier molecular flexibility index (Phi) is 40.1. The van der Waals surface area contributed by atoms with Gasteiger partial charge in [-0.25, -0.2) is 0 Å². The molecule has 0 bridgehead atoms. The van der Waals surface area contributed by atoms with Crippen LogP contribution in [-0.2, 0) is 14.3 Å². The van der Waals surface area contributed by atoms with E-state index in [4.69, 9.17) is 9.47 Å². The molecule has 0 aromatic rings. The molecule has 1 fully saturated rings. The van der Waals surface area contributed by atoms with Gasteiger partial charge in [-0.15, -0.1) is 0 Å². The zero-order chi connectivity index (χ0) is 46.2. The van der Waals surface area contributed by atoms with Crippen molar-refractivity contribution < 1.29 is 50.0 Å². The third-order valence-corrected chi connectivity index (χ3v) is 13.1. The molecule has 1 saturated heterocycles. The van der Waals surface area contributed by atoms with Crippen LogP contribution in [0, 0.1) is 0 Å². The number of aliphatic hydroxyl groups is 7. The monoisotopic (exact) mass is 900 g/mol. The zero-order valence-electron chi connectivity index (χ0n) is 40.6. The molecular weight excluding hydrogens is 799 g/mol. The Morgan fingerprint density at radius 2 is 0.937 bits per heavy atom. The Morgan fingerprint density at radius 3 is 1.38 bits per heavy atom. The first-order chi connectivity index (χ1) is 30.7. The molecule has 11 nitrogen and oxygen atoms in total. The summed E-state index contributed by atoms with van der Waals surface area (Å²) in [4.78, 5) is 13.0.